The SMILES string of the molecule is Cc1ccc2c(c1C)NC(CCCN)CS2. The molecular weight excluding hydrogens is 216 g/mol. The Morgan fingerprint density at radius 2 is 2.25 bits per heavy atom. The highest BCUT2D eigenvalue weighted by Crippen LogP contribution is 2.37. The van der Waals surface area contributed by atoms with Crippen LogP contribution in [0, 0.1) is 13.8 Å². The van der Waals surface area contributed by atoms with E-state index in [1.165, 1.54) is 28.1 Å². The van der Waals surface area contributed by atoms with Crippen LogP contribution in [0.1, 0.15) is 24.0 Å². The largest absolute Gasteiger partial charge is 0.380 e. The topological polar surface area (TPSA) is 38.0 Å². The van der Waals surface area contributed by atoms with Crippen molar-refractivity contribution >= 4 is 17.4 Å². The van der Waals surface area contributed by atoms with E-state index in [1.54, 1.807) is 0 Å². The molecule has 3 N–H and O–H groups in total. The maximum absolute atomic E-state index is 5.56. The van der Waals surface area contributed by atoms with Crippen molar-refractivity contribution in [2.75, 3.05) is 17.6 Å². The molecule has 1 aliphatic rings. The fraction of sp³-hybridized carbons (Fsp3) is 0.538. The Morgan fingerprint density at radius 1 is 1.44 bits per heavy atom. The number of nitrogens with two attached hydrogens (primary N) is 1. The summed E-state index contributed by atoms with van der Waals surface area (Å²) in [5.41, 5.74) is 9.66. The second-order valence-electron chi connectivity index (χ2n) is 4.46. The van der Waals surface area contributed by atoms with Gasteiger partial charge in [-0.05, 0) is 50.4 Å². The van der Waals surface area contributed by atoms with Gasteiger partial charge in [0.15, 0.2) is 0 Å². The molecule has 1 aromatic rings. The monoisotopic (exact) mass is 236 g/mol. The molecule has 2 nitrogen and oxygen atoms in total. The number of anilines is 1. The summed E-state index contributed by atoms with van der Waals surface area (Å²) in [5, 5.41) is 3.66. The third-order valence-corrected chi connectivity index (χ3v) is 4.46. The Hall–Kier alpha value is -0.670. The van der Waals surface area contributed by atoms with Crippen LogP contribution >= 0.6 is 11.8 Å². The van der Waals surface area contributed by atoms with Gasteiger partial charge in [0, 0.05) is 16.7 Å². The number of nitrogens with one attached hydrogen (secondary N) is 1. The van der Waals surface area contributed by atoms with Gasteiger partial charge in [-0.25, -0.2) is 0 Å². The molecule has 0 bridgehead atoms. The molecule has 0 amide bonds. The molecule has 0 aromatic heterocycles. The van der Waals surface area contributed by atoms with Gasteiger partial charge >= 0.3 is 0 Å². The second kappa shape index (κ2) is 5.11. The molecule has 1 heterocycles. The van der Waals surface area contributed by atoms with Crippen LogP contribution in [0.4, 0.5) is 5.69 Å². The second-order valence-corrected chi connectivity index (χ2v) is 5.53. The minimum absolute atomic E-state index is 0.585. The molecule has 0 spiro atoms. The molecule has 1 unspecified atom stereocenters. The lowest BCUT2D eigenvalue weighted by Gasteiger charge is -2.28. The zero-order valence-electron chi connectivity index (χ0n) is 10.0. The van der Waals surface area contributed by atoms with E-state index >= 15 is 0 Å². The lowest BCUT2D eigenvalue weighted by molar-refractivity contribution is 0.664. The Kier molecular flexibility index (Phi) is 3.77. The lowest BCUT2D eigenvalue weighted by atomic mass is 10.1. The van der Waals surface area contributed by atoms with Crippen molar-refractivity contribution in [3.05, 3.63) is 23.3 Å². The predicted octanol–water partition coefficient (Wildman–Crippen LogP) is 2.93. The Bertz CT molecular complexity index is 376. The molecule has 0 aliphatic carbocycles. The van der Waals surface area contributed by atoms with Gasteiger partial charge in [0.2, 0.25) is 0 Å². The molecule has 0 saturated heterocycles. The first kappa shape index (κ1) is 11.8. The first-order chi connectivity index (χ1) is 7.72. The van der Waals surface area contributed by atoms with Gasteiger partial charge < -0.3 is 11.1 Å². The number of benzene rings is 1. The first-order valence-corrected chi connectivity index (χ1v) is 6.90. The average Bonchev–Trinajstić information content (AvgIpc) is 2.31. The summed E-state index contributed by atoms with van der Waals surface area (Å²) >= 11 is 1.97. The number of fused-ring (bicyclic) bond motifs is 1. The Balaban J connectivity index is 2.15. The highest BCUT2D eigenvalue weighted by Gasteiger charge is 2.19. The van der Waals surface area contributed by atoms with Gasteiger partial charge in [-0.15, -0.1) is 11.8 Å². The van der Waals surface area contributed by atoms with Crippen LogP contribution in [-0.2, 0) is 0 Å². The van der Waals surface area contributed by atoms with E-state index in [9.17, 15) is 0 Å². The lowest BCUT2D eigenvalue weighted by Crippen LogP contribution is -2.27. The van der Waals surface area contributed by atoms with Crippen molar-refractivity contribution in [1.82, 2.24) is 0 Å². The van der Waals surface area contributed by atoms with Gasteiger partial charge in [0.1, 0.15) is 0 Å². The van der Waals surface area contributed by atoms with Crippen LogP contribution in [-0.4, -0.2) is 18.3 Å². The van der Waals surface area contributed by atoms with E-state index in [1.807, 2.05) is 11.8 Å². The van der Waals surface area contributed by atoms with Crippen LogP contribution < -0.4 is 11.1 Å². The minimum atomic E-state index is 0.585. The first-order valence-electron chi connectivity index (χ1n) is 5.92. The smallest absolute Gasteiger partial charge is 0.0513 e. The molecule has 1 atom stereocenters. The normalized spacial score (nSPS) is 19.1. The van der Waals surface area contributed by atoms with Gasteiger partial charge in [-0.1, -0.05) is 6.07 Å². The summed E-state index contributed by atoms with van der Waals surface area (Å²) in [6, 6.07) is 5.03. The summed E-state index contributed by atoms with van der Waals surface area (Å²) in [6.07, 6.45) is 2.29. The number of hydrogen-bond donors (Lipinski definition) is 2. The standard InChI is InChI=1S/C13H20N2S/c1-9-5-6-12-13(10(9)2)15-11(8-16-12)4-3-7-14/h5-6,11,15H,3-4,7-8,14H2,1-2H3. The molecule has 1 aromatic carbocycles. The minimum Gasteiger partial charge on any atom is -0.380 e. The summed E-state index contributed by atoms with van der Waals surface area (Å²) < 4.78 is 0. The molecule has 88 valence electrons. The molecule has 0 fully saturated rings. The fourth-order valence-electron chi connectivity index (χ4n) is 2.05. The van der Waals surface area contributed by atoms with Crippen LogP contribution in [0.3, 0.4) is 0 Å². The average molecular weight is 236 g/mol. The van der Waals surface area contributed by atoms with Crippen LogP contribution in [0.15, 0.2) is 17.0 Å². The Morgan fingerprint density at radius 3 is 3.00 bits per heavy atom. The van der Waals surface area contributed by atoms with Gasteiger partial charge in [-0.2, -0.15) is 0 Å². The number of thioether (sulfide) groups is 1. The molecule has 0 radical (unpaired) electrons. The maximum atomic E-state index is 5.56. The molecule has 1 aliphatic heterocycles. The zero-order valence-corrected chi connectivity index (χ0v) is 10.9. The van der Waals surface area contributed by atoms with Crippen LogP contribution in [0.25, 0.3) is 0 Å². The third kappa shape index (κ3) is 2.36. The quantitative estimate of drug-likeness (QED) is 0.847. The highest BCUT2D eigenvalue weighted by molar-refractivity contribution is 7.99. The van der Waals surface area contributed by atoms with E-state index in [4.69, 9.17) is 5.73 Å². The van der Waals surface area contributed by atoms with Crippen molar-refractivity contribution in [1.29, 1.82) is 0 Å². The number of aryl methyl sites for hydroxylation is 1. The van der Waals surface area contributed by atoms with Crippen LogP contribution in [0.5, 0.6) is 0 Å². The molecular formula is C13H20N2S. The fourth-order valence-corrected chi connectivity index (χ4v) is 3.20. The van der Waals surface area contributed by atoms with Gasteiger partial charge in [-0.3, -0.25) is 0 Å². The summed E-state index contributed by atoms with van der Waals surface area (Å²) in [6.45, 7) is 5.17. The molecule has 0 saturated carbocycles. The number of rotatable bonds is 3. The molecule has 3 heteroatoms. The zero-order chi connectivity index (χ0) is 11.5. The Labute approximate surface area is 102 Å². The van der Waals surface area contributed by atoms with E-state index in [2.05, 4.69) is 31.3 Å². The van der Waals surface area contributed by atoms with Gasteiger partial charge in [0.25, 0.3) is 0 Å². The highest BCUT2D eigenvalue weighted by atomic mass is 32.2. The molecule has 16 heavy (non-hydrogen) atoms. The van der Waals surface area contributed by atoms with Gasteiger partial charge in [0.05, 0.1) is 5.69 Å². The van der Waals surface area contributed by atoms with E-state index < -0.39 is 0 Å². The number of hydrogen-bond acceptors (Lipinski definition) is 3. The van der Waals surface area contributed by atoms with Crippen LogP contribution in [0.2, 0.25) is 0 Å². The van der Waals surface area contributed by atoms with Crippen molar-refractivity contribution in [2.45, 2.75) is 37.6 Å². The predicted molar refractivity (Wildman–Crippen MR) is 72.3 cm³/mol. The van der Waals surface area contributed by atoms with E-state index in [0.29, 0.717) is 6.04 Å². The third-order valence-electron chi connectivity index (χ3n) is 3.24. The molecule has 2 rings (SSSR count). The van der Waals surface area contributed by atoms with E-state index in [0.717, 1.165) is 18.7 Å². The van der Waals surface area contributed by atoms with Crippen molar-refractivity contribution in [2.24, 2.45) is 5.73 Å². The van der Waals surface area contributed by atoms with Crippen molar-refractivity contribution < 1.29 is 0 Å². The summed E-state index contributed by atoms with van der Waals surface area (Å²) in [5.74, 6) is 1.16. The van der Waals surface area contributed by atoms with E-state index in [-0.39, 0.29) is 0 Å². The summed E-state index contributed by atoms with van der Waals surface area (Å²) in [4.78, 5) is 1.40. The summed E-state index contributed by atoms with van der Waals surface area (Å²) in [7, 11) is 0. The maximum Gasteiger partial charge on any atom is 0.0513 e. The van der Waals surface area contributed by atoms with Crippen molar-refractivity contribution in [3.8, 4) is 0 Å². The van der Waals surface area contributed by atoms with Crippen molar-refractivity contribution in [3.63, 3.8) is 0 Å².